The van der Waals surface area contributed by atoms with Crippen LogP contribution < -0.4 is 4.67 Å². The number of imidazole rings is 1. The van der Waals surface area contributed by atoms with Gasteiger partial charge in [0.05, 0.1) is 22.3 Å². The van der Waals surface area contributed by atoms with Gasteiger partial charge in [-0.3, -0.25) is 9.81 Å². The lowest BCUT2D eigenvalue weighted by Crippen LogP contribution is -2.21. The molecule has 0 unspecified atom stereocenters. The fourth-order valence-corrected chi connectivity index (χ4v) is 2.87. The lowest BCUT2D eigenvalue weighted by atomic mass is 10.1. The van der Waals surface area contributed by atoms with Crippen LogP contribution in [0.1, 0.15) is 19.5 Å². The van der Waals surface area contributed by atoms with Gasteiger partial charge in [0.15, 0.2) is 4.96 Å². The molecule has 0 atom stereocenters. The first-order valence-electron chi connectivity index (χ1n) is 5.65. The van der Waals surface area contributed by atoms with Crippen molar-refractivity contribution in [2.75, 3.05) is 0 Å². The molecule has 2 N–H and O–H groups in total. The van der Waals surface area contributed by atoms with Crippen LogP contribution in [0.4, 0.5) is 0 Å². The summed E-state index contributed by atoms with van der Waals surface area (Å²) in [5.74, 6) is 0. The highest BCUT2D eigenvalue weighted by Crippen LogP contribution is 2.25. The molecular formula is C13H14ClN3OS. The molecule has 3 rings (SSSR count). The maximum atomic E-state index is 10.3. The highest BCUT2D eigenvalue weighted by molar-refractivity contribution is 7.14. The van der Waals surface area contributed by atoms with Crippen LogP contribution in [-0.4, -0.2) is 14.5 Å². The van der Waals surface area contributed by atoms with Gasteiger partial charge in [0, 0.05) is 0 Å². The number of nitrogens with one attached hydrogen (secondary N) is 1. The van der Waals surface area contributed by atoms with Crippen molar-refractivity contribution >= 4 is 39.7 Å². The minimum Gasteiger partial charge on any atom is -0.384 e. The third-order valence-corrected chi connectivity index (χ3v) is 3.66. The summed E-state index contributed by atoms with van der Waals surface area (Å²) in [7, 11) is 0. The van der Waals surface area contributed by atoms with E-state index < -0.39 is 5.60 Å². The Morgan fingerprint density at radius 1 is 1.32 bits per heavy atom. The van der Waals surface area contributed by atoms with E-state index in [1.165, 1.54) is 11.3 Å². The van der Waals surface area contributed by atoms with E-state index in [4.69, 9.17) is 5.41 Å². The van der Waals surface area contributed by atoms with Crippen molar-refractivity contribution in [2.45, 2.75) is 19.4 Å². The second-order valence-electron chi connectivity index (χ2n) is 4.77. The molecule has 0 fully saturated rings. The van der Waals surface area contributed by atoms with Gasteiger partial charge in [0.25, 0.3) is 0 Å². The predicted octanol–water partition coefficient (Wildman–Crippen LogP) is 2.68. The van der Waals surface area contributed by atoms with Crippen molar-refractivity contribution in [3.8, 4) is 0 Å². The number of halogens is 1. The van der Waals surface area contributed by atoms with Crippen molar-refractivity contribution in [2.24, 2.45) is 0 Å². The maximum absolute atomic E-state index is 10.3. The van der Waals surface area contributed by atoms with Crippen LogP contribution in [0.3, 0.4) is 0 Å². The number of benzene rings is 1. The van der Waals surface area contributed by atoms with Gasteiger partial charge in [-0.1, -0.05) is 23.5 Å². The summed E-state index contributed by atoms with van der Waals surface area (Å²) >= 11 is 1.31. The molecule has 0 radical (unpaired) electrons. The van der Waals surface area contributed by atoms with E-state index in [0.717, 1.165) is 16.0 Å². The number of aromatic nitrogens is 2. The number of para-hydroxylation sites is 2. The summed E-state index contributed by atoms with van der Waals surface area (Å²) < 4.78 is 2.33. The number of hydrogen-bond donors (Lipinski definition) is 2. The van der Waals surface area contributed by atoms with Gasteiger partial charge in [-0.05, 0) is 32.0 Å². The average molecular weight is 296 g/mol. The first kappa shape index (κ1) is 14.0. The fraction of sp³-hybridized carbons (Fsp3) is 0.231. The molecule has 0 amide bonds. The van der Waals surface area contributed by atoms with E-state index in [1.807, 2.05) is 28.7 Å². The second kappa shape index (κ2) is 4.59. The molecule has 0 saturated heterocycles. The second-order valence-corrected chi connectivity index (χ2v) is 5.78. The van der Waals surface area contributed by atoms with Crippen LogP contribution in [0.25, 0.3) is 16.0 Å². The Morgan fingerprint density at radius 2 is 2.00 bits per heavy atom. The normalized spacial score (nSPS) is 11.7. The maximum Gasteiger partial charge on any atom is 0.196 e. The minimum atomic E-state index is -1.01. The molecule has 2 heterocycles. The van der Waals surface area contributed by atoms with E-state index in [1.54, 1.807) is 19.9 Å². The predicted molar refractivity (Wildman–Crippen MR) is 78.9 cm³/mol. The highest BCUT2D eigenvalue weighted by atomic mass is 35.5. The Morgan fingerprint density at radius 3 is 2.68 bits per heavy atom. The summed E-state index contributed by atoms with van der Waals surface area (Å²) in [6, 6.07) is 9.49. The van der Waals surface area contributed by atoms with Crippen LogP contribution in [-0.2, 0) is 5.60 Å². The number of fused-ring (bicyclic) bond motifs is 3. The van der Waals surface area contributed by atoms with Gasteiger partial charge in [-0.15, -0.1) is 12.4 Å². The average Bonchev–Trinajstić information content (AvgIpc) is 2.64. The molecule has 0 aliphatic heterocycles. The molecule has 4 nitrogen and oxygen atoms in total. The lowest BCUT2D eigenvalue weighted by molar-refractivity contribution is 0.0729. The van der Waals surface area contributed by atoms with Crippen LogP contribution >= 0.6 is 23.7 Å². The van der Waals surface area contributed by atoms with Gasteiger partial charge < -0.3 is 5.11 Å². The zero-order valence-electron chi connectivity index (χ0n) is 10.5. The molecule has 3 aromatic rings. The van der Waals surface area contributed by atoms with Crippen molar-refractivity contribution in [1.82, 2.24) is 9.38 Å². The zero-order valence-corrected chi connectivity index (χ0v) is 12.2. The van der Waals surface area contributed by atoms with Crippen molar-refractivity contribution in [1.29, 1.82) is 5.41 Å². The molecule has 1 aromatic carbocycles. The largest absolute Gasteiger partial charge is 0.384 e. The van der Waals surface area contributed by atoms with E-state index in [-0.39, 0.29) is 12.4 Å². The summed E-state index contributed by atoms with van der Waals surface area (Å²) in [6.07, 6.45) is 0. The molecule has 0 spiro atoms. The van der Waals surface area contributed by atoms with Gasteiger partial charge in [-0.25, -0.2) is 4.98 Å². The third-order valence-electron chi connectivity index (χ3n) is 2.87. The molecule has 0 aliphatic rings. The van der Waals surface area contributed by atoms with Crippen molar-refractivity contribution < 1.29 is 5.11 Å². The van der Waals surface area contributed by atoms with E-state index in [0.29, 0.717) is 10.4 Å². The zero-order chi connectivity index (χ0) is 12.9. The molecule has 100 valence electrons. The third kappa shape index (κ3) is 2.25. The van der Waals surface area contributed by atoms with Crippen LogP contribution in [0.15, 0.2) is 30.3 Å². The van der Waals surface area contributed by atoms with E-state index in [2.05, 4.69) is 4.98 Å². The highest BCUT2D eigenvalue weighted by Gasteiger charge is 2.21. The first-order chi connectivity index (χ1) is 8.47. The Hall–Kier alpha value is -1.43. The number of hydrogen-bond acceptors (Lipinski definition) is 4. The number of aliphatic hydroxyl groups is 1. The molecule has 2 aromatic heterocycles. The van der Waals surface area contributed by atoms with Crippen LogP contribution in [0.2, 0.25) is 0 Å². The summed E-state index contributed by atoms with van der Waals surface area (Å²) in [4.78, 5) is 5.24. The Labute approximate surface area is 120 Å². The summed E-state index contributed by atoms with van der Waals surface area (Å²) in [5.41, 5.74) is 1.52. The SMILES string of the molecule is CC(C)(O)c1cc(=N)sc2nc3ccccc3n12.Cl. The van der Waals surface area contributed by atoms with Crippen LogP contribution in [0.5, 0.6) is 0 Å². The summed E-state index contributed by atoms with van der Waals surface area (Å²) in [5, 5.41) is 18.1. The van der Waals surface area contributed by atoms with Gasteiger partial charge in [0.2, 0.25) is 0 Å². The van der Waals surface area contributed by atoms with Crippen molar-refractivity contribution in [3.63, 3.8) is 0 Å². The Balaban J connectivity index is 0.00000133. The topological polar surface area (TPSA) is 61.4 Å². The molecule has 0 aliphatic carbocycles. The van der Waals surface area contributed by atoms with Crippen molar-refractivity contribution in [3.05, 3.63) is 40.7 Å². The molecule has 0 bridgehead atoms. The Kier molecular flexibility index (Phi) is 3.38. The lowest BCUT2D eigenvalue weighted by Gasteiger charge is -2.19. The van der Waals surface area contributed by atoms with E-state index in [9.17, 15) is 5.11 Å². The molecule has 0 saturated carbocycles. The quantitative estimate of drug-likeness (QED) is 0.725. The first-order valence-corrected chi connectivity index (χ1v) is 6.47. The fourth-order valence-electron chi connectivity index (χ4n) is 2.07. The van der Waals surface area contributed by atoms with Gasteiger partial charge in [-0.2, -0.15) is 0 Å². The summed E-state index contributed by atoms with van der Waals surface area (Å²) in [6.45, 7) is 3.45. The monoisotopic (exact) mass is 295 g/mol. The minimum absolute atomic E-state index is 0. The Bertz CT molecular complexity index is 801. The number of rotatable bonds is 1. The molecular weight excluding hydrogens is 282 g/mol. The molecule has 6 heteroatoms. The smallest absolute Gasteiger partial charge is 0.196 e. The van der Waals surface area contributed by atoms with Crippen LogP contribution in [0, 0.1) is 5.41 Å². The van der Waals surface area contributed by atoms with Gasteiger partial charge in [0.1, 0.15) is 4.67 Å². The number of nitrogens with zero attached hydrogens (tertiary/aromatic N) is 2. The standard InChI is InChI=1S/C13H13N3OS.ClH/c1-13(2,17)10-7-11(14)18-12-15-8-5-3-4-6-9(8)16(10)12;/h3-7,14,17H,1-2H3;1H. The molecule has 19 heavy (non-hydrogen) atoms. The van der Waals surface area contributed by atoms with E-state index >= 15 is 0 Å². The van der Waals surface area contributed by atoms with Gasteiger partial charge >= 0.3 is 0 Å².